The van der Waals surface area contributed by atoms with Crippen molar-refractivity contribution in [3.63, 3.8) is 0 Å². The molecule has 0 spiro atoms. The van der Waals surface area contributed by atoms with Crippen molar-refractivity contribution in [2.75, 3.05) is 13.7 Å². The number of methoxy groups -OCH3 is 1. The van der Waals surface area contributed by atoms with Gasteiger partial charge in [0.1, 0.15) is 0 Å². The Morgan fingerprint density at radius 3 is 2.62 bits per heavy atom. The van der Waals surface area contributed by atoms with Gasteiger partial charge in [-0.25, -0.2) is 0 Å². The molecule has 0 bridgehead atoms. The van der Waals surface area contributed by atoms with Crippen LogP contribution in [0.4, 0.5) is 0 Å². The Bertz CT molecular complexity index is 1070. The summed E-state index contributed by atoms with van der Waals surface area (Å²) < 4.78 is 5.20. The zero-order chi connectivity index (χ0) is 20.5. The van der Waals surface area contributed by atoms with E-state index >= 15 is 0 Å². The summed E-state index contributed by atoms with van der Waals surface area (Å²) in [5.74, 6) is -1.54. The van der Waals surface area contributed by atoms with Gasteiger partial charge in [0.2, 0.25) is 0 Å². The highest BCUT2D eigenvalue weighted by Gasteiger charge is 2.28. The van der Waals surface area contributed by atoms with E-state index in [9.17, 15) is 9.90 Å². The highest BCUT2D eigenvalue weighted by atomic mass is 16.5. The molecule has 1 unspecified atom stereocenters. The third-order valence-corrected chi connectivity index (χ3v) is 5.88. The number of hydrogen-bond acceptors (Lipinski definition) is 4. The van der Waals surface area contributed by atoms with Gasteiger partial charge in [-0.3, -0.25) is 14.8 Å². The summed E-state index contributed by atoms with van der Waals surface area (Å²) in [5, 5.41) is 11.0. The summed E-state index contributed by atoms with van der Waals surface area (Å²) in [7, 11) is 1.60. The molecule has 5 heteroatoms. The molecule has 1 atom stereocenters. The van der Waals surface area contributed by atoms with Gasteiger partial charge in [-0.15, -0.1) is 0 Å². The van der Waals surface area contributed by atoms with Crippen molar-refractivity contribution in [1.82, 2.24) is 9.97 Å². The Labute approximate surface area is 170 Å². The molecular weight excluding hydrogens is 364 g/mol. The molecule has 0 saturated carbocycles. The first-order chi connectivity index (χ1) is 14.0. The summed E-state index contributed by atoms with van der Waals surface area (Å²) >= 11 is 0. The molecule has 150 valence electrons. The van der Waals surface area contributed by atoms with Gasteiger partial charge in [-0.05, 0) is 80.0 Å². The molecule has 3 aromatic rings. The predicted octanol–water partition coefficient (Wildman–Crippen LogP) is 4.61. The Balaban J connectivity index is 2.04. The topological polar surface area (TPSA) is 72.3 Å². The van der Waals surface area contributed by atoms with E-state index in [2.05, 4.69) is 17.1 Å². The average molecular weight is 390 g/mol. The van der Waals surface area contributed by atoms with Crippen LogP contribution in [0, 0.1) is 13.8 Å². The third kappa shape index (κ3) is 3.62. The first-order valence-corrected chi connectivity index (χ1v) is 10.1. The van der Waals surface area contributed by atoms with Crippen molar-refractivity contribution >= 4 is 16.9 Å². The predicted molar refractivity (Wildman–Crippen MR) is 113 cm³/mol. The Morgan fingerprint density at radius 2 is 1.97 bits per heavy atom. The van der Waals surface area contributed by atoms with Crippen LogP contribution in [0.5, 0.6) is 0 Å². The van der Waals surface area contributed by atoms with E-state index in [0.29, 0.717) is 13.0 Å². The van der Waals surface area contributed by atoms with E-state index in [1.165, 1.54) is 11.1 Å². The minimum Gasteiger partial charge on any atom is -0.481 e. The summed E-state index contributed by atoms with van der Waals surface area (Å²) in [4.78, 5) is 21.5. The standard InChI is InChI=1S/C24H26N2O3/c1-14-7-8-18(13-25-14)23-20-11-16-5-4-6-17(16)12-21(20)26-15(2)22(23)19(24(27)28)9-10-29-3/h7-8,11-13,19H,4-6,9-10H2,1-3H3,(H,27,28). The SMILES string of the molecule is COCCC(C(=O)O)c1c(C)nc2cc3c(cc2c1-c1ccc(C)nc1)CCC3. The van der Waals surface area contributed by atoms with Crippen molar-refractivity contribution in [2.24, 2.45) is 0 Å². The van der Waals surface area contributed by atoms with Gasteiger partial charge in [0.05, 0.1) is 11.4 Å². The Kier molecular flexibility index (Phi) is 5.33. The van der Waals surface area contributed by atoms with Crippen molar-refractivity contribution in [3.05, 3.63) is 58.5 Å². The zero-order valence-electron chi connectivity index (χ0n) is 17.2. The van der Waals surface area contributed by atoms with Crippen LogP contribution in [-0.4, -0.2) is 34.8 Å². The van der Waals surface area contributed by atoms with Gasteiger partial charge in [0.15, 0.2) is 0 Å². The molecule has 5 nitrogen and oxygen atoms in total. The first-order valence-electron chi connectivity index (χ1n) is 10.1. The van der Waals surface area contributed by atoms with Crippen molar-refractivity contribution in [2.45, 2.75) is 45.4 Å². The van der Waals surface area contributed by atoms with E-state index in [1.807, 2.05) is 32.2 Å². The molecule has 2 heterocycles. The summed E-state index contributed by atoms with van der Waals surface area (Å²) in [6.07, 6.45) is 5.55. The molecule has 0 fully saturated rings. The molecule has 1 N–H and O–H groups in total. The maximum Gasteiger partial charge on any atom is 0.311 e. The van der Waals surface area contributed by atoms with Crippen molar-refractivity contribution in [1.29, 1.82) is 0 Å². The molecule has 2 aromatic heterocycles. The van der Waals surface area contributed by atoms with Gasteiger partial charge < -0.3 is 9.84 Å². The maximum atomic E-state index is 12.2. The summed E-state index contributed by atoms with van der Waals surface area (Å²) in [6, 6.07) is 8.41. The second-order valence-electron chi connectivity index (χ2n) is 7.84. The monoisotopic (exact) mass is 390 g/mol. The number of ether oxygens (including phenoxy) is 1. The van der Waals surface area contributed by atoms with Gasteiger partial charge in [-0.1, -0.05) is 6.07 Å². The second-order valence-corrected chi connectivity index (χ2v) is 7.84. The smallest absolute Gasteiger partial charge is 0.311 e. The first kappa shape index (κ1) is 19.5. The van der Waals surface area contributed by atoms with E-state index in [-0.39, 0.29) is 0 Å². The number of nitrogens with zero attached hydrogens (tertiary/aromatic N) is 2. The van der Waals surface area contributed by atoms with Crippen LogP contribution in [-0.2, 0) is 22.4 Å². The molecule has 0 saturated heterocycles. The number of pyridine rings is 2. The van der Waals surface area contributed by atoms with Gasteiger partial charge >= 0.3 is 5.97 Å². The molecule has 29 heavy (non-hydrogen) atoms. The number of carboxylic acid groups (broad SMARTS) is 1. The van der Waals surface area contributed by atoms with Crippen LogP contribution in [0.3, 0.4) is 0 Å². The maximum absolute atomic E-state index is 12.2. The number of carbonyl (C=O) groups is 1. The van der Waals surface area contributed by atoms with Crippen LogP contribution in [0.2, 0.25) is 0 Å². The molecule has 1 aliphatic rings. The lowest BCUT2D eigenvalue weighted by molar-refractivity contribution is -0.139. The number of fused-ring (bicyclic) bond motifs is 2. The largest absolute Gasteiger partial charge is 0.481 e. The number of benzene rings is 1. The summed E-state index contributed by atoms with van der Waals surface area (Å²) in [5.41, 5.74) is 7.97. The van der Waals surface area contributed by atoms with Crippen molar-refractivity contribution < 1.29 is 14.6 Å². The number of aryl methyl sites for hydroxylation is 4. The molecular formula is C24H26N2O3. The normalized spacial score (nSPS) is 14.2. The Hall–Kier alpha value is -2.79. The van der Waals surface area contributed by atoms with Crippen LogP contribution in [0.1, 0.15) is 46.8 Å². The molecule has 0 aliphatic heterocycles. The minimum atomic E-state index is -0.853. The quantitative estimate of drug-likeness (QED) is 0.666. The van der Waals surface area contributed by atoms with Crippen LogP contribution in [0.15, 0.2) is 30.5 Å². The van der Waals surface area contributed by atoms with Crippen LogP contribution >= 0.6 is 0 Å². The Morgan fingerprint density at radius 1 is 1.21 bits per heavy atom. The summed E-state index contributed by atoms with van der Waals surface area (Å²) in [6.45, 7) is 4.24. The molecule has 4 rings (SSSR count). The van der Waals surface area contributed by atoms with E-state index < -0.39 is 11.9 Å². The fourth-order valence-electron chi connectivity index (χ4n) is 4.45. The van der Waals surface area contributed by atoms with E-state index in [1.54, 1.807) is 7.11 Å². The van der Waals surface area contributed by atoms with Gasteiger partial charge in [0.25, 0.3) is 0 Å². The third-order valence-electron chi connectivity index (χ3n) is 5.88. The molecule has 1 aliphatic carbocycles. The van der Waals surface area contributed by atoms with Gasteiger partial charge in [-0.2, -0.15) is 0 Å². The number of carboxylic acids is 1. The lowest BCUT2D eigenvalue weighted by atomic mass is 9.85. The van der Waals surface area contributed by atoms with Crippen LogP contribution in [0.25, 0.3) is 22.0 Å². The average Bonchev–Trinajstić information content (AvgIpc) is 3.14. The second kappa shape index (κ2) is 7.91. The lowest BCUT2D eigenvalue weighted by Crippen LogP contribution is -2.17. The van der Waals surface area contributed by atoms with Crippen molar-refractivity contribution in [3.8, 4) is 11.1 Å². The fourth-order valence-corrected chi connectivity index (χ4v) is 4.45. The molecule has 0 radical (unpaired) electrons. The van der Waals surface area contributed by atoms with Crippen LogP contribution < -0.4 is 0 Å². The number of aromatic nitrogens is 2. The number of rotatable bonds is 6. The zero-order valence-corrected chi connectivity index (χ0v) is 17.2. The van der Waals surface area contributed by atoms with E-state index in [4.69, 9.17) is 9.72 Å². The fraction of sp³-hybridized carbons (Fsp3) is 0.375. The highest BCUT2D eigenvalue weighted by molar-refractivity contribution is 5.99. The molecule has 0 amide bonds. The highest BCUT2D eigenvalue weighted by Crippen LogP contribution is 2.40. The van der Waals surface area contributed by atoms with Gasteiger partial charge in [0, 0.05) is 42.3 Å². The number of hydrogen-bond donors (Lipinski definition) is 1. The molecule has 1 aromatic carbocycles. The minimum absolute atomic E-state index is 0.379. The lowest BCUT2D eigenvalue weighted by Gasteiger charge is -2.21. The number of aliphatic carboxylic acids is 1. The van der Waals surface area contributed by atoms with E-state index in [0.717, 1.165) is 58.2 Å².